The Balaban J connectivity index is 2.03. The SMILES string of the molecule is COc1ccc(CC(=O)N[C@@H](CC(C)C)C(=O)N2CCCC2)cc1OC. The topological polar surface area (TPSA) is 67.9 Å². The Hall–Kier alpha value is -2.24. The molecule has 1 atom stereocenters. The van der Waals surface area contributed by atoms with Crippen LogP contribution in [-0.4, -0.2) is 50.1 Å². The largest absolute Gasteiger partial charge is 0.493 e. The van der Waals surface area contributed by atoms with E-state index in [0.29, 0.717) is 23.8 Å². The van der Waals surface area contributed by atoms with Gasteiger partial charge in [-0.05, 0) is 42.9 Å². The van der Waals surface area contributed by atoms with Gasteiger partial charge in [-0.15, -0.1) is 0 Å². The van der Waals surface area contributed by atoms with Crippen molar-refractivity contribution >= 4 is 11.8 Å². The van der Waals surface area contributed by atoms with Gasteiger partial charge in [-0.2, -0.15) is 0 Å². The van der Waals surface area contributed by atoms with Gasteiger partial charge in [0.1, 0.15) is 6.04 Å². The van der Waals surface area contributed by atoms with Crippen molar-refractivity contribution in [2.45, 2.75) is 45.6 Å². The van der Waals surface area contributed by atoms with Crippen LogP contribution in [-0.2, 0) is 16.0 Å². The third-order valence-electron chi connectivity index (χ3n) is 4.57. The van der Waals surface area contributed by atoms with Gasteiger partial charge in [-0.3, -0.25) is 9.59 Å². The molecule has 0 aliphatic carbocycles. The lowest BCUT2D eigenvalue weighted by atomic mass is 10.0. The maximum atomic E-state index is 12.7. The van der Waals surface area contributed by atoms with Crippen molar-refractivity contribution in [3.63, 3.8) is 0 Å². The average molecular weight is 362 g/mol. The first-order chi connectivity index (χ1) is 12.4. The molecule has 144 valence electrons. The highest BCUT2D eigenvalue weighted by atomic mass is 16.5. The van der Waals surface area contributed by atoms with Gasteiger partial charge in [0.05, 0.1) is 20.6 Å². The molecule has 1 aromatic carbocycles. The summed E-state index contributed by atoms with van der Waals surface area (Å²) in [4.78, 5) is 27.1. The molecule has 0 radical (unpaired) electrons. The molecule has 1 aromatic rings. The number of likely N-dealkylation sites (tertiary alicyclic amines) is 1. The Morgan fingerprint density at radius 1 is 1.12 bits per heavy atom. The van der Waals surface area contributed by atoms with E-state index in [2.05, 4.69) is 19.2 Å². The molecular weight excluding hydrogens is 332 g/mol. The number of methoxy groups -OCH3 is 2. The number of carbonyl (C=O) groups is 2. The summed E-state index contributed by atoms with van der Waals surface area (Å²) in [5, 5.41) is 2.94. The zero-order valence-electron chi connectivity index (χ0n) is 16.2. The fourth-order valence-electron chi connectivity index (χ4n) is 3.27. The molecule has 0 saturated carbocycles. The molecule has 6 heteroatoms. The normalized spacial score (nSPS) is 15.0. The van der Waals surface area contributed by atoms with Gasteiger partial charge in [-0.25, -0.2) is 0 Å². The lowest BCUT2D eigenvalue weighted by molar-refractivity contribution is -0.135. The quantitative estimate of drug-likeness (QED) is 0.771. The number of nitrogens with one attached hydrogen (secondary N) is 1. The summed E-state index contributed by atoms with van der Waals surface area (Å²) in [6, 6.07) is 4.95. The number of amides is 2. The molecule has 1 saturated heterocycles. The molecule has 1 aliphatic rings. The fourth-order valence-corrected chi connectivity index (χ4v) is 3.27. The van der Waals surface area contributed by atoms with E-state index in [1.54, 1.807) is 26.4 Å². The number of hydrogen-bond acceptors (Lipinski definition) is 4. The molecule has 1 fully saturated rings. The summed E-state index contributed by atoms with van der Waals surface area (Å²) in [6.45, 7) is 5.70. The minimum absolute atomic E-state index is 0.0388. The van der Waals surface area contributed by atoms with E-state index in [4.69, 9.17) is 9.47 Å². The molecule has 2 rings (SSSR count). The molecule has 0 bridgehead atoms. The van der Waals surface area contributed by atoms with Crippen LogP contribution < -0.4 is 14.8 Å². The second kappa shape index (κ2) is 9.46. The predicted octanol–water partition coefficient (Wildman–Crippen LogP) is 2.40. The molecule has 26 heavy (non-hydrogen) atoms. The van der Waals surface area contributed by atoms with Crippen LogP contribution in [0.4, 0.5) is 0 Å². The van der Waals surface area contributed by atoms with Gasteiger partial charge >= 0.3 is 0 Å². The van der Waals surface area contributed by atoms with Gasteiger partial charge in [-0.1, -0.05) is 19.9 Å². The Morgan fingerprint density at radius 3 is 2.35 bits per heavy atom. The van der Waals surface area contributed by atoms with Crippen LogP contribution >= 0.6 is 0 Å². The Kier molecular flexibility index (Phi) is 7.30. The van der Waals surface area contributed by atoms with E-state index < -0.39 is 6.04 Å². The summed E-state index contributed by atoms with van der Waals surface area (Å²) in [7, 11) is 3.14. The second-order valence-electron chi connectivity index (χ2n) is 7.15. The highest BCUT2D eigenvalue weighted by Crippen LogP contribution is 2.27. The Bertz CT molecular complexity index is 624. The number of nitrogens with zero attached hydrogens (tertiary/aromatic N) is 1. The number of ether oxygens (including phenoxy) is 2. The maximum absolute atomic E-state index is 12.7. The van der Waals surface area contributed by atoms with Crippen molar-refractivity contribution in [3.05, 3.63) is 23.8 Å². The molecule has 0 aromatic heterocycles. The minimum Gasteiger partial charge on any atom is -0.493 e. The van der Waals surface area contributed by atoms with Crippen LogP contribution in [0.15, 0.2) is 18.2 Å². The van der Waals surface area contributed by atoms with Crippen LogP contribution in [0.2, 0.25) is 0 Å². The fraction of sp³-hybridized carbons (Fsp3) is 0.600. The highest BCUT2D eigenvalue weighted by molar-refractivity contribution is 5.88. The number of benzene rings is 1. The van der Waals surface area contributed by atoms with Gasteiger partial charge in [0.2, 0.25) is 11.8 Å². The first kappa shape index (κ1) is 20.1. The zero-order chi connectivity index (χ0) is 19.1. The van der Waals surface area contributed by atoms with Crippen molar-refractivity contribution in [1.82, 2.24) is 10.2 Å². The zero-order valence-corrected chi connectivity index (χ0v) is 16.2. The number of hydrogen-bond donors (Lipinski definition) is 1. The third-order valence-corrected chi connectivity index (χ3v) is 4.57. The number of carbonyl (C=O) groups excluding carboxylic acids is 2. The molecule has 1 aliphatic heterocycles. The lowest BCUT2D eigenvalue weighted by Crippen LogP contribution is -2.48. The van der Waals surface area contributed by atoms with E-state index in [9.17, 15) is 9.59 Å². The van der Waals surface area contributed by atoms with Crippen molar-refractivity contribution in [2.75, 3.05) is 27.3 Å². The van der Waals surface area contributed by atoms with Crippen LogP contribution in [0, 0.1) is 5.92 Å². The lowest BCUT2D eigenvalue weighted by Gasteiger charge is -2.25. The Labute approximate surface area is 155 Å². The maximum Gasteiger partial charge on any atom is 0.245 e. The van der Waals surface area contributed by atoms with Crippen LogP contribution in [0.25, 0.3) is 0 Å². The standard InChI is InChI=1S/C20H30N2O4/c1-14(2)11-16(20(24)22-9-5-6-10-22)21-19(23)13-15-7-8-17(25-3)18(12-15)26-4/h7-8,12,14,16H,5-6,9-11,13H2,1-4H3,(H,21,23)/t16-/m0/s1. The van der Waals surface area contributed by atoms with Gasteiger partial charge in [0, 0.05) is 13.1 Å². The summed E-state index contributed by atoms with van der Waals surface area (Å²) in [6.07, 6.45) is 2.93. The van der Waals surface area contributed by atoms with Crippen molar-refractivity contribution in [1.29, 1.82) is 0 Å². The summed E-state index contributed by atoms with van der Waals surface area (Å²) in [5.74, 6) is 1.42. The molecule has 0 unspecified atom stereocenters. The first-order valence-corrected chi connectivity index (χ1v) is 9.23. The summed E-state index contributed by atoms with van der Waals surface area (Å²) < 4.78 is 10.5. The van der Waals surface area contributed by atoms with E-state index in [1.807, 2.05) is 11.0 Å². The molecule has 6 nitrogen and oxygen atoms in total. The van der Waals surface area contributed by atoms with Crippen molar-refractivity contribution in [2.24, 2.45) is 5.92 Å². The van der Waals surface area contributed by atoms with Crippen molar-refractivity contribution < 1.29 is 19.1 Å². The molecule has 0 spiro atoms. The molecular formula is C20H30N2O4. The summed E-state index contributed by atoms with van der Waals surface area (Å²) >= 11 is 0. The van der Waals surface area contributed by atoms with Crippen LogP contribution in [0.5, 0.6) is 11.5 Å². The monoisotopic (exact) mass is 362 g/mol. The highest BCUT2D eigenvalue weighted by Gasteiger charge is 2.28. The van der Waals surface area contributed by atoms with Crippen LogP contribution in [0.1, 0.15) is 38.7 Å². The second-order valence-corrected chi connectivity index (χ2v) is 7.15. The van der Waals surface area contributed by atoms with Crippen molar-refractivity contribution in [3.8, 4) is 11.5 Å². The van der Waals surface area contributed by atoms with E-state index in [1.165, 1.54) is 0 Å². The molecule has 1 N–H and O–H groups in total. The summed E-state index contributed by atoms with van der Waals surface area (Å²) in [5.41, 5.74) is 0.817. The van der Waals surface area contributed by atoms with E-state index in [0.717, 1.165) is 31.5 Å². The number of rotatable bonds is 8. The smallest absolute Gasteiger partial charge is 0.245 e. The average Bonchev–Trinajstić information content (AvgIpc) is 3.14. The molecule has 2 amide bonds. The van der Waals surface area contributed by atoms with E-state index >= 15 is 0 Å². The van der Waals surface area contributed by atoms with Gasteiger partial charge in [0.15, 0.2) is 11.5 Å². The van der Waals surface area contributed by atoms with E-state index in [-0.39, 0.29) is 18.2 Å². The van der Waals surface area contributed by atoms with Crippen LogP contribution in [0.3, 0.4) is 0 Å². The van der Waals surface area contributed by atoms with Gasteiger partial charge < -0.3 is 19.7 Å². The minimum atomic E-state index is -0.458. The van der Waals surface area contributed by atoms with Gasteiger partial charge in [0.25, 0.3) is 0 Å². The third kappa shape index (κ3) is 5.38. The molecule has 1 heterocycles. The predicted molar refractivity (Wildman–Crippen MR) is 100 cm³/mol. The Morgan fingerprint density at radius 2 is 1.77 bits per heavy atom. The first-order valence-electron chi connectivity index (χ1n) is 9.23.